The fourth-order valence-electron chi connectivity index (χ4n) is 2.56. The summed E-state index contributed by atoms with van der Waals surface area (Å²) in [5.74, 6) is 1.14. The first-order valence-corrected chi connectivity index (χ1v) is 9.05. The fourth-order valence-corrected chi connectivity index (χ4v) is 3.18. The molecule has 0 atom stereocenters. The summed E-state index contributed by atoms with van der Waals surface area (Å²) in [5.41, 5.74) is 1.98. The Morgan fingerprint density at radius 1 is 1.04 bits per heavy atom. The van der Waals surface area contributed by atoms with Crippen molar-refractivity contribution in [2.45, 2.75) is 0 Å². The number of methoxy groups -OCH3 is 1. The summed E-state index contributed by atoms with van der Waals surface area (Å²) < 4.78 is 11.1. The Bertz CT molecular complexity index is 1060. The number of anilines is 1. The van der Waals surface area contributed by atoms with E-state index in [1.165, 1.54) is 11.3 Å². The minimum atomic E-state index is -0.195. The second kappa shape index (κ2) is 7.43. The lowest BCUT2D eigenvalue weighted by atomic mass is 10.1. The third-order valence-corrected chi connectivity index (χ3v) is 4.76. The Balaban J connectivity index is 1.71. The maximum absolute atomic E-state index is 12.4. The zero-order valence-electron chi connectivity index (χ0n) is 14.4. The zero-order chi connectivity index (χ0) is 18.6. The van der Waals surface area contributed by atoms with Gasteiger partial charge in [-0.25, -0.2) is 0 Å². The minimum absolute atomic E-state index is 0.195. The molecule has 0 aliphatic rings. The number of nitrogens with one attached hydrogen (secondary N) is 1. The van der Waals surface area contributed by atoms with Crippen LogP contribution in [0.2, 0.25) is 0 Å². The highest BCUT2D eigenvalue weighted by Crippen LogP contribution is 2.33. The van der Waals surface area contributed by atoms with Crippen LogP contribution in [0.15, 0.2) is 70.5 Å². The number of rotatable bonds is 5. The molecule has 4 rings (SSSR count). The van der Waals surface area contributed by atoms with E-state index in [0.717, 1.165) is 5.56 Å². The maximum atomic E-state index is 12.4. The van der Waals surface area contributed by atoms with E-state index < -0.39 is 0 Å². The molecule has 0 aliphatic carbocycles. The van der Waals surface area contributed by atoms with E-state index in [4.69, 9.17) is 9.15 Å². The molecular weight excluding hydrogens is 362 g/mol. The van der Waals surface area contributed by atoms with Crippen LogP contribution in [-0.4, -0.2) is 23.2 Å². The van der Waals surface area contributed by atoms with Crippen molar-refractivity contribution in [3.63, 3.8) is 0 Å². The monoisotopic (exact) mass is 377 g/mol. The number of aromatic nitrogens is 2. The van der Waals surface area contributed by atoms with Crippen molar-refractivity contribution >= 4 is 22.9 Å². The zero-order valence-corrected chi connectivity index (χ0v) is 15.2. The molecule has 0 saturated heterocycles. The summed E-state index contributed by atoms with van der Waals surface area (Å²) >= 11 is 1.37. The highest BCUT2D eigenvalue weighted by atomic mass is 32.1. The van der Waals surface area contributed by atoms with E-state index >= 15 is 0 Å². The van der Waals surface area contributed by atoms with Gasteiger partial charge in [-0.15, -0.1) is 21.5 Å². The van der Waals surface area contributed by atoms with Crippen LogP contribution < -0.4 is 10.1 Å². The van der Waals surface area contributed by atoms with Crippen LogP contribution in [0.3, 0.4) is 0 Å². The average molecular weight is 377 g/mol. The number of carbonyl (C=O) groups excluding carboxylic acids is 1. The standard InChI is InChI=1S/C20H15N3O3S/c1-25-14-9-10-16(21-18(24)17-8-5-11-27-17)15(12-14)20-23-22-19(26-20)13-6-3-2-4-7-13/h2-12H,1H3,(H,21,24). The Morgan fingerprint density at radius 3 is 2.59 bits per heavy atom. The quantitative estimate of drug-likeness (QED) is 0.544. The molecule has 0 aliphatic heterocycles. The lowest BCUT2D eigenvalue weighted by Gasteiger charge is -2.10. The fraction of sp³-hybridized carbons (Fsp3) is 0.0500. The molecule has 2 heterocycles. The molecule has 2 aromatic carbocycles. The van der Waals surface area contributed by atoms with Crippen molar-refractivity contribution in [3.05, 3.63) is 70.9 Å². The number of benzene rings is 2. The molecule has 134 valence electrons. The van der Waals surface area contributed by atoms with Gasteiger partial charge in [0.2, 0.25) is 11.8 Å². The van der Waals surface area contributed by atoms with Gasteiger partial charge in [0.25, 0.3) is 5.91 Å². The Kier molecular flexibility index (Phi) is 4.67. The van der Waals surface area contributed by atoms with Gasteiger partial charge in [0.1, 0.15) is 5.75 Å². The Morgan fingerprint density at radius 2 is 1.85 bits per heavy atom. The van der Waals surface area contributed by atoms with Crippen molar-refractivity contribution in [2.75, 3.05) is 12.4 Å². The van der Waals surface area contributed by atoms with E-state index in [1.54, 1.807) is 31.4 Å². The molecule has 6 nitrogen and oxygen atoms in total. The largest absolute Gasteiger partial charge is 0.497 e. The van der Waals surface area contributed by atoms with Gasteiger partial charge in [-0.05, 0) is 41.8 Å². The number of thiophene rings is 1. The molecule has 0 fully saturated rings. The van der Waals surface area contributed by atoms with Crippen LogP contribution in [0.5, 0.6) is 5.75 Å². The van der Waals surface area contributed by atoms with E-state index in [-0.39, 0.29) is 5.91 Å². The van der Waals surface area contributed by atoms with Gasteiger partial charge < -0.3 is 14.5 Å². The summed E-state index contributed by atoms with van der Waals surface area (Å²) in [4.78, 5) is 13.1. The first kappa shape index (κ1) is 17.0. The summed E-state index contributed by atoms with van der Waals surface area (Å²) in [6, 6.07) is 18.4. The highest BCUT2D eigenvalue weighted by Gasteiger charge is 2.17. The number of hydrogen-bond acceptors (Lipinski definition) is 6. The second-order valence-corrected chi connectivity index (χ2v) is 6.57. The lowest BCUT2D eigenvalue weighted by Crippen LogP contribution is -2.11. The first-order chi connectivity index (χ1) is 13.2. The van der Waals surface area contributed by atoms with Gasteiger partial charge in [0.15, 0.2) is 0 Å². The molecule has 0 radical (unpaired) electrons. The number of carbonyl (C=O) groups is 1. The normalized spacial score (nSPS) is 10.6. The van der Waals surface area contributed by atoms with Gasteiger partial charge in [0.05, 0.1) is 23.2 Å². The Labute approximate surface area is 159 Å². The smallest absolute Gasteiger partial charge is 0.265 e. The van der Waals surface area contributed by atoms with Crippen molar-refractivity contribution in [3.8, 4) is 28.7 Å². The molecule has 1 N–H and O–H groups in total. The summed E-state index contributed by atoms with van der Waals surface area (Å²) in [6.45, 7) is 0. The molecular formula is C20H15N3O3S. The third kappa shape index (κ3) is 3.58. The van der Waals surface area contributed by atoms with Gasteiger partial charge >= 0.3 is 0 Å². The molecule has 1 amide bonds. The topological polar surface area (TPSA) is 77.2 Å². The predicted octanol–water partition coefficient (Wildman–Crippen LogP) is 4.73. The van der Waals surface area contributed by atoms with E-state index in [2.05, 4.69) is 15.5 Å². The second-order valence-electron chi connectivity index (χ2n) is 5.62. The molecule has 0 saturated carbocycles. The molecule has 4 aromatic rings. The van der Waals surface area contributed by atoms with Crippen LogP contribution in [-0.2, 0) is 0 Å². The molecule has 0 unspecified atom stereocenters. The van der Waals surface area contributed by atoms with Gasteiger partial charge in [-0.2, -0.15) is 0 Å². The number of nitrogens with zero attached hydrogens (tertiary/aromatic N) is 2. The third-order valence-electron chi connectivity index (χ3n) is 3.90. The molecule has 7 heteroatoms. The highest BCUT2D eigenvalue weighted by molar-refractivity contribution is 7.12. The minimum Gasteiger partial charge on any atom is -0.497 e. The van der Waals surface area contributed by atoms with Crippen LogP contribution >= 0.6 is 11.3 Å². The SMILES string of the molecule is COc1ccc(NC(=O)c2cccs2)c(-c2nnc(-c3ccccc3)o2)c1. The Hall–Kier alpha value is -3.45. The molecule has 0 spiro atoms. The number of ether oxygens (including phenoxy) is 1. The lowest BCUT2D eigenvalue weighted by molar-refractivity contribution is 0.103. The predicted molar refractivity (Wildman–Crippen MR) is 104 cm³/mol. The molecule has 0 bridgehead atoms. The van der Waals surface area contributed by atoms with Crippen LogP contribution in [0.1, 0.15) is 9.67 Å². The van der Waals surface area contributed by atoms with Crippen LogP contribution in [0, 0.1) is 0 Å². The molecule has 2 aromatic heterocycles. The van der Waals surface area contributed by atoms with Gasteiger partial charge in [0, 0.05) is 5.56 Å². The summed E-state index contributed by atoms with van der Waals surface area (Å²) in [6.07, 6.45) is 0. The van der Waals surface area contributed by atoms with E-state index in [0.29, 0.717) is 33.7 Å². The van der Waals surface area contributed by atoms with Gasteiger partial charge in [-0.1, -0.05) is 24.3 Å². The van der Waals surface area contributed by atoms with E-state index in [1.807, 2.05) is 41.8 Å². The van der Waals surface area contributed by atoms with Crippen molar-refractivity contribution in [1.29, 1.82) is 0 Å². The maximum Gasteiger partial charge on any atom is 0.265 e. The summed E-state index contributed by atoms with van der Waals surface area (Å²) in [5, 5.41) is 13.0. The average Bonchev–Trinajstić information content (AvgIpc) is 3.41. The summed E-state index contributed by atoms with van der Waals surface area (Å²) in [7, 11) is 1.58. The van der Waals surface area contributed by atoms with Crippen LogP contribution in [0.25, 0.3) is 22.9 Å². The van der Waals surface area contributed by atoms with Gasteiger partial charge in [-0.3, -0.25) is 4.79 Å². The first-order valence-electron chi connectivity index (χ1n) is 8.17. The number of amides is 1. The van der Waals surface area contributed by atoms with Crippen LogP contribution in [0.4, 0.5) is 5.69 Å². The van der Waals surface area contributed by atoms with Crippen molar-refractivity contribution in [1.82, 2.24) is 10.2 Å². The van der Waals surface area contributed by atoms with E-state index in [9.17, 15) is 4.79 Å². The van der Waals surface area contributed by atoms with Crippen molar-refractivity contribution in [2.24, 2.45) is 0 Å². The number of hydrogen-bond donors (Lipinski definition) is 1. The van der Waals surface area contributed by atoms with Crippen molar-refractivity contribution < 1.29 is 13.9 Å². The molecule has 27 heavy (non-hydrogen) atoms.